The van der Waals surface area contributed by atoms with E-state index in [-0.39, 0.29) is 5.97 Å². The van der Waals surface area contributed by atoms with Gasteiger partial charge in [-0.1, -0.05) is 0 Å². The van der Waals surface area contributed by atoms with E-state index in [1.54, 1.807) is 23.9 Å². The fraction of sp³-hybridized carbons (Fsp3) is 0.462. The van der Waals surface area contributed by atoms with Gasteiger partial charge in [0.1, 0.15) is 0 Å². The second kappa shape index (κ2) is 7.16. The van der Waals surface area contributed by atoms with Crippen LogP contribution in [0.5, 0.6) is 0 Å². The molecule has 0 bridgehead atoms. The van der Waals surface area contributed by atoms with E-state index >= 15 is 0 Å². The van der Waals surface area contributed by atoms with Crippen molar-refractivity contribution in [2.24, 2.45) is 0 Å². The number of nitrogens with two attached hydrogens (primary N) is 1. The van der Waals surface area contributed by atoms with Crippen molar-refractivity contribution >= 4 is 29.1 Å². The van der Waals surface area contributed by atoms with Crippen LogP contribution in [0.4, 0.5) is 11.4 Å². The molecule has 0 heterocycles. The molecule has 18 heavy (non-hydrogen) atoms. The van der Waals surface area contributed by atoms with Crippen molar-refractivity contribution in [2.45, 2.75) is 6.42 Å². The van der Waals surface area contributed by atoms with Crippen LogP contribution in [0.2, 0.25) is 0 Å². The summed E-state index contributed by atoms with van der Waals surface area (Å²) in [5.41, 5.74) is 7.61. The third-order valence-electron chi connectivity index (χ3n) is 2.45. The Hall–Kier alpha value is -1.36. The minimum Gasteiger partial charge on any atom is -0.462 e. The number of nitrogen functional groups attached to an aromatic ring is 1. The van der Waals surface area contributed by atoms with Gasteiger partial charge in [0.25, 0.3) is 0 Å². The molecule has 0 saturated heterocycles. The smallest absolute Gasteiger partial charge is 0.340 e. The Bertz CT molecular complexity index is 408. The minimum absolute atomic E-state index is 0.313. The molecule has 0 saturated carbocycles. The maximum absolute atomic E-state index is 12.0. The van der Waals surface area contributed by atoms with Gasteiger partial charge in [0.2, 0.25) is 0 Å². The SMILES string of the molecule is CSCCCOC(=O)c1cc(N)ccc1N(C)C. The zero-order chi connectivity index (χ0) is 13.5. The van der Waals surface area contributed by atoms with E-state index in [9.17, 15) is 4.79 Å². The Balaban J connectivity index is 2.74. The second-order valence-electron chi connectivity index (χ2n) is 4.15. The minimum atomic E-state index is -0.313. The number of benzene rings is 1. The van der Waals surface area contributed by atoms with Crippen LogP contribution >= 0.6 is 11.8 Å². The van der Waals surface area contributed by atoms with Crippen molar-refractivity contribution < 1.29 is 9.53 Å². The molecular weight excluding hydrogens is 248 g/mol. The lowest BCUT2D eigenvalue weighted by Gasteiger charge is -2.17. The topological polar surface area (TPSA) is 55.6 Å². The highest BCUT2D eigenvalue weighted by molar-refractivity contribution is 7.98. The fourth-order valence-electron chi connectivity index (χ4n) is 1.55. The maximum atomic E-state index is 12.0. The van der Waals surface area contributed by atoms with E-state index in [0.717, 1.165) is 17.9 Å². The number of rotatable bonds is 6. The van der Waals surface area contributed by atoms with E-state index in [1.165, 1.54) is 0 Å². The van der Waals surface area contributed by atoms with Gasteiger partial charge in [0, 0.05) is 19.8 Å². The largest absolute Gasteiger partial charge is 0.462 e. The van der Waals surface area contributed by atoms with Gasteiger partial charge in [-0.2, -0.15) is 11.8 Å². The summed E-state index contributed by atoms with van der Waals surface area (Å²) in [6.07, 6.45) is 2.90. The summed E-state index contributed by atoms with van der Waals surface area (Å²) >= 11 is 1.74. The van der Waals surface area contributed by atoms with Crippen LogP contribution in [0.1, 0.15) is 16.8 Å². The molecule has 1 rings (SSSR count). The zero-order valence-electron chi connectivity index (χ0n) is 11.1. The summed E-state index contributed by atoms with van der Waals surface area (Å²) in [4.78, 5) is 13.8. The molecule has 0 unspecified atom stereocenters. The van der Waals surface area contributed by atoms with Crippen molar-refractivity contribution in [2.75, 3.05) is 43.3 Å². The zero-order valence-corrected chi connectivity index (χ0v) is 11.9. The van der Waals surface area contributed by atoms with Crippen LogP contribution in [-0.4, -0.2) is 38.7 Å². The monoisotopic (exact) mass is 268 g/mol. The Morgan fingerprint density at radius 2 is 2.17 bits per heavy atom. The normalized spacial score (nSPS) is 10.2. The number of carbonyl (C=O) groups is 1. The molecule has 0 radical (unpaired) electrons. The quantitative estimate of drug-likeness (QED) is 0.487. The van der Waals surface area contributed by atoms with Gasteiger partial charge in [0.15, 0.2) is 0 Å². The van der Waals surface area contributed by atoms with Crippen LogP contribution in [0, 0.1) is 0 Å². The van der Waals surface area contributed by atoms with Gasteiger partial charge in [-0.25, -0.2) is 4.79 Å². The molecule has 0 spiro atoms. The summed E-state index contributed by atoms with van der Waals surface area (Å²) in [5, 5.41) is 0. The molecule has 1 aromatic carbocycles. The van der Waals surface area contributed by atoms with Crippen LogP contribution in [0.15, 0.2) is 18.2 Å². The van der Waals surface area contributed by atoms with Crippen LogP contribution in [-0.2, 0) is 4.74 Å². The fourth-order valence-corrected chi connectivity index (χ4v) is 1.96. The molecule has 0 amide bonds. The van der Waals surface area contributed by atoms with Gasteiger partial charge in [0.05, 0.1) is 17.9 Å². The lowest BCUT2D eigenvalue weighted by Crippen LogP contribution is -2.16. The number of esters is 1. The molecule has 0 aliphatic carbocycles. The molecular formula is C13H20N2O2S. The molecule has 1 aromatic rings. The second-order valence-corrected chi connectivity index (χ2v) is 5.14. The first kappa shape index (κ1) is 14.7. The maximum Gasteiger partial charge on any atom is 0.340 e. The lowest BCUT2D eigenvalue weighted by molar-refractivity contribution is 0.0507. The Kier molecular flexibility index (Phi) is 5.85. The average molecular weight is 268 g/mol. The van der Waals surface area contributed by atoms with Crippen molar-refractivity contribution in [3.05, 3.63) is 23.8 Å². The van der Waals surface area contributed by atoms with E-state index < -0.39 is 0 Å². The third kappa shape index (κ3) is 4.14. The summed E-state index contributed by atoms with van der Waals surface area (Å²) in [7, 11) is 3.77. The number of hydrogen-bond donors (Lipinski definition) is 1. The molecule has 5 heteroatoms. The molecule has 0 fully saturated rings. The summed E-state index contributed by atoms with van der Waals surface area (Å²) in [6.45, 7) is 0.446. The Morgan fingerprint density at radius 3 is 2.78 bits per heavy atom. The summed E-state index contributed by atoms with van der Waals surface area (Å²) in [5.74, 6) is 0.678. The number of ether oxygens (including phenoxy) is 1. The standard InChI is InChI=1S/C13H20N2O2S/c1-15(2)12-6-5-10(14)9-11(12)13(16)17-7-4-8-18-3/h5-6,9H,4,7-8,14H2,1-3H3. The molecule has 0 atom stereocenters. The van der Waals surface area contributed by atoms with Crippen LogP contribution in [0.3, 0.4) is 0 Å². The summed E-state index contributed by atoms with van der Waals surface area (Å²) < 4.78 is 5.24. The lowest BCUT2D eigenvalue weighted by atomic mass is 10.1. The highest BCUT2D eigenvalue weighted by atomic mass is 32.2. The van der Waals surface area contributed by atoms with E-state index in [2.05, 4.69) is 0 Å². The predicted molar refractivity (Wildman–Crippen MR) is 78.5 cm³/mol. The molecule has 100 valence electrons. The van der Waals surface area contributed by atoms with Gasteiger partial charge in [-0.05, 0) is 36.6 Å². The first-order chi connectivity index (χ1) is 8.56. The van der Waals surface area contributed by atoms with Crippen molar-refractivity contribution in [3.8, 4) is 0 Å². The van der Waals surface area contributed by atoms with Gasteiger partial charge in [-0.15, -0.1) is 0 Å². The third-order valence-corrected chi connectivity index (χ3v) is 3.15. The molecule has 0 aliphatic heterocycles. The first-order valence-electron chi connectivity index (χ1n) is 5.79. The molecule has 0 aromatic heterocycles. The van der Waals surface area contributed by atoms with E-state index in [4.69, 9.17) is 10.5 Å². The highest BCUT2D eigenvalue weighted by Gasteiger charge is 2.14. The van der Waals surface area contributed by atoms with E-state index in [1.807, 2.05) is 31.3 Å². The molecule has 2 N–H and O–H groups in total. The average Bonchev–Trinajstić information content (AvgIpc) is 2.34. The Labute approximate surface area is 112 Å². The number of hydrogen-bond acceptors (Lipinski definition) is 5. The molecule has 4 nitrogen and oxygen atoms in total. The number of thioether (sulfide) groups is 1. The predicted octanol–water partition coefficient (Wildman–Crippen LogP) is 2.24. The number of nitrogens with zero attached hydrogens (tertiary/aromatic N) is 1. The first-order valence-corrected chi connectivity index (χ1v) is 7.18. The van der Waals surface area contributed by atoms with Crippen LogP contribution in [0.25, 0.3) is 0 Å². The van der Waals surface area contributed by atoms with Crippen LogP contribution < -0.4 is 10.6 Å². The van der Waals surface area contributed by atoms with E-state index in [0.29, 0.717) is 17.9 Å². The van der Waals surface area contributed by atoms with Gasteiger partial charge >= 0.3 is 5.97 Å². The van der Waals surface area contributed by atoms with Gasteiger partial charge in [-0.3, -0.25) is 0 Å². The van der Waals surface area contributed by atoms with Crippen molar-refractivity contribution in [1.82, 2.24) is 0 Å². The molecule has 0 aliphatic rings. The van der Waals surface area contributed by atoms with Crippen molar-refractivity contribution in [3.63, 3.8) is 0 Å². The highest BCUT2D eigenvalue weighted by Crippen LogP contribution is 2.22. The summed E-state index contributed by atoms with van der Waals surface area (Å²) in [6, 6.07) is 5.26. The van der Waals surface area contributed by atoms with Gasteiger partial charge < -0.3 is 15.4 Å². The number of carbonyl (C=O) groups excluding carboxylic acids is 1. The Morgan fingerprint density at radius 1 is 1.44 bits per heavy atom. The number of anilines is 2. The van der Waals surface area contributed by atoms with Crippen molar-refractivity contribution in [1.29, 1.82) is 0 Å².